The molecule has 1 aliphatic rings. The van der Waals surface area contributed by atoms with Crippen LogP contribution in [-0.4, -0.2) is 49.8 Å². The lowest BCUT2D eigenvalue weighted by molar-refractivity contribution is -0.140. The Morgan fingerprint density at radius 2 is 2.00 bits per heavy atom. The van der Waals surface area contributed by atoms with Crippen molar-refractivity contribution in [3.8, 4) is 0 Å². The summed E-state index contributed by atoms with van der Waals surface area (Å²) >= 11 is 0. The standard InChI is InChI=1S/C16H20N6O2/c1-11(2)16(24)21-8-13(9-21)22-10-14(19-20-22)15(23)18-7-12-3-5-17-6-4-12/h3-6,10-11,13H,7-9H2,1-2H3,(H,18,23). The van der Waals surface area contributed by atoms with Crippen molar-refractivity contribution in [3.63, 3.8) is 0 Å². The third-order valence-corrected chi connectivity index (χ3v) is 3.99. The molecule has 1 fully saturated rings. The highest BCUT2D eigenvalue weighted by atomic mass is 16.2. The molecule has 0 saturated carbocycles. The summed E-state index contributed by atoms with van der Waals surface area (Å²) in [5.41, 5.74) is 1.24. The Hall–Kier alpha value is -2.77. The Balaban J connectivity index is 1.52. The average Bonchev–Trinajstić information content (AvgIpc) is 3.01. The Kier molecular flexibility index (Phi) is 4.54. The van der Waals surface area contributed by atoms with Gasteiger partial charge >= 0.3 is 0 Å². The fourth-order valence-corrected chi connectivity index (χ4v) is 2.50. The SMILES string of the molecule is CC(C)C(=O)N1CC(n2cc(C(=O)NCc3ccncc3)nn2)C1. The quantitative estimate of drug-likeness (QED) is 0.869. The maximum absolute atomic E-state index is 12.1. The number of nitrogens with one attached hydrogen (secondary N) is 1. The number of hydrogen-bond donors (Lipinski definition) is 1. The van der Waals surface area contributed by atoms with Crippen molar-refractivity contribution in [3.05, 3.63) is 42.0 Å². The van der Waals surface area contributed by atoms with E-state index in [4.69, 9.17) is 0 Å². The first kappa shape index (κ1) is 16.1. The zero-order valence-corrected chi connectivity index (χ0v) is 13.7. The van der Waals surface area contributed by atoms with Crippen LogP contribution >= 0.6 is 0 Å². The molecule has 2 amide bonds. The van der Waals surface area contributed by atoms with Gasteiger partial charge in [0.25, 0.3) is 5.91 Å². The van der Waals surface area contributed by atoms with Gasteiger partial charge in [0.05, 0.1) is 12.2 Å². The second-order valence-corrected chi connectivity index (χ2v) is 6.17. The number of amides is 2. The van der Waals surface area contributed by atoms with E-state index in [2.05, 4.69) is 20.6 Å². The van der Waals surface area contributed by atoms with Crippen LogP contribution in [0.25, 0.3) is 0 Å². The Morgan fingerprint density at radius 3 is 2.67 bits per heavy atom. The van der Waals surface area contributed by atoms with Gasteiger partial charge in [0.2, 0.25) is 5.91 Å². The summed E-state index contributed by atoms with van der Waals surface area (Å²) in [4.78, 5) is 29.7. The molecule has 8 nitrogen and oxygen atoms in total. The van der Waals surface area contributed by atoms with E-state index in [1.807, 2.05) is 26.0 Å². The second kappa shape index (κ2) is 6.77. The lowest BCUT2D eigenvalue weighted by atomic mass is 10.1. The van der Waals surface area contributed by atoms with Crippen LogP contribution in [0.3, 0.4) is 0 Å². The number of nitrogens with zero attached hydrogens (tertiary/aromatic N) is 5. The number of rotatable bonds is 5. The molecule has 2 aromatic heterocycles. The van der Waals surface area contributed by atoms with Gasteiger partial charge in [0.15, 0.2) is 5.69 Å². The topological polar surface area (TPSA) is 93.0 Å². The smallest absolute Gasteiger partial charge is 0.273 e. The number of carbonyl (C=O) groups is 2. The second-order valence-electron chi connectivity index (χ2n) is 6.17. The average molecular weight is 328 g/mol. The van der Waals surface area contributed by atoms with Crippen molar-refractivity contribution in [2.24, 2.45) is 5.92 Å². The van der Waals surface area contributed by atoms with E-state index in [1.54, 1.807) is 28.2 Å². The third-order valence-electron chi connectivity index (χ3n) is 3.99. The lowest BCUT2D eigenvalue weighted by Gasteiger charge is -2.39. The van der Waals surface area contributed by atoms with Crippen molar-refractivity contribution in [1.82, 2.24) is 30.2 Å². The summed E-state index contributed by atoms with van der Waals surface area (Å²) in [5.74, 6) is -0.134. The van der Waals surface area contributed by atoms with Gasteiger partial charge in [0.1, 0.15) is 0 Å². The van der Waals surface area contributed by atoms with Crippen LogP contribution in [0.15, 0.2) is 30.7 Å². The van der Waals surface area contributed by atoms with Gasteiger partial charge in [-0.2, -0.15) is 0 Å². The first-order chi connectivity index (χ1) is 11.5. The first-order valence-corrected chi connectivity index (χ1v) is 7.92. The lowest BCUT2D eigenvalue weighted by Crippen LogP contribution is -2.52. The van der Waals surface area contributed by atoms with Crippen LogP contribution in [0, 0.1) is 5.92 Å². The highest BCUT2D eigenvalue weighted by molar-refractivity contribution is 5.91. The van der Waals surface area contributed by atoms with E-state index in [1.165, 1.54) is 0 Å². The van der Waals surface area contributed by atoms with E-state index >= 15 is 0 Å². The van der Waals surface area contributed by atoms with E-state index in [-0.39, 0.29) is 29.5 Å². The number of pyridine rings is 1. The van der Waals surface area contributed by atoms with Gasteiger partial charge in [-0.15, -0.1) is 5.10 Å². The highest BCUT2D eigenvalue weighted by Crippen LogP contribution is 2.22. The summed E-state index contributed by atoms with van der Waals surface area (Å²) in [6.45, 7) is 5.40. The number of hydrogen-bond acceptors (Lipinski definition) is 5. The predicted octanol–water partition coefficient (Wildman–Crippen LogP) is 0.642. The van der Waals surface area contributed by atoms with Crippen LogP contribution in [0.4, 0.5) is 0 Å². The van der Waals surface area contributed by atoms with Crippen molar-refractivity contribution in [1.29, 1.82) is 0 Å². The Bertz CT molecular complexity index is 721. The Morgan fingerprint density at radius 1 is 1.29 bits per heavy atom. The van der Waals surface area contributed by atoms with Gasteiger partial charge in [-0.05, 0) is 17.7 Å². The van der Waals surface area contributed by atoms with E-state index in [0.29, 0.717) is 19.6 Å². The van der Waals surface area contributed by atoms with E-state index < -0.39 is 0 Å². The fourth-order valence-electron chi connectivity index (χ4n) is 2.50. The molecule has 0 radical (unpaired) electrons. The molecule has 0 atom stereocenters. The predicted molar refractivity (Wildman–Crippen MR) is 85.9 cm³/mol. The van der Waals surface area contributed by atoms with Gasteiger partial charge in [-0.25, -0.2) is 4.68 Å². The molecule has 2 aromatic rings. The van der Waals surface area contributed by atoms with Crippen LogP contribution in [0.5, 0.6) is 0 Å². The van der Waals surface area contributed by atoms with Crippen LogP contribution < -0.4 is 5.32 Å². The summed E-state index contributed by atoms with van der Waals surface area (Å²) in [7, 11) is 0. The van der Waals surface area contributed by atoms with Gasteiger partial charge in [0, 0.05) is 37.9 Å². The summed E-state index contributed by atoms with van der Waals surface area (Å²) in [6, 6.07) is 3.76. The molecule has 8 heteroatoms. The molecule has 24 heavy (non-hydrogen) atoms. The maximum atomic E-state index is 12.1. The minimum Gasteiger partial charge on any atom is -0.347 e. The normalized spacial score (nSPS) is 14.5. The van der Waals surface area contributed by atoms with Crippen molar-refractivity contribution < 1.29 is 9.59 Å². The molecular formula is C16H20N6O2. The van der Waals surface area contributed by atoms with E-state index in [9.17, 15) is 9.59 Å². The van der Waals surface area contributed by atoms with Crippen molar-refractivity contribution in [2.45, 2.75) is 26.4 Å². The number of likely N-dealkylation sites (tertiary alicyclic amines) is 1. The molecule has 0 spiro atoms. The molecular weight excluding hydrogens is 308 g/mol. The van der Waals surface area contributed by atoms with E-state index in [0.717, 1.165) is 5.56 Å². The zero-order valence-electron chi connectivity index (χ0n) is 13.7. The monoisotopic (exact) mass is 328 g/mol. The summed E-state index contributed by atoms with van der Waals surface area (Å²) < 4.78 is 1.66. The molecule has 0 aromatic carbocycles. The van der Waals surface area contributed by atoms with Crippen LogP contribution in [0.1, 0.15) is 35.9 Å². The van der Waals surface area contributed by atoms with Crippen LogP contribution in [-0.2, 0) is 11.3 Å². The third kappa shape index (κ3) is 3.42. The number of aromatic nitrogens is 4. The summed E-state index contributed by atoms with van der Waals surface area (Å²) in [6.07, 6.45) is 4.99. The zero-order chi connectivity index (χ0) is 17.1. The van der Waals surface area contributed by atoms with Crippen molar-refractivity contribution >= 4 is 11.8 Å². The maximum Gasteiger partial charge on any atom is 0.273 e. The minimum absolute atomic E-state index is 0.00350. The van der Waals surface area contributed by atoms with Gasteiger partial charge < -0.3 is 10.2 Å². The fraction of sp³-hybridized carbons (Fsp3) is 0.438. The molecule has 1 aliphatic heterocycles. The van der Waals surface area contributed by atoms with Gasteiger partial charge in [-0.1, -0.05) is 19.1 Å². The molecule has 1 saturated heterocycles. The largest absolute Gasteiger partial charge is 0.347 e. The molecule has 0 aliphatic carbocycles. The highest BCUT2D eigenvalue weighted by Gasteiger charge is 2.33. The molecule has 0 unspecified atom stereocenters. The first-order valence-electron chi connectivity index (χ1n) is 7.92. The number of carbonyl (C=O) groups excluding carboxylic acids is 2. The summed E-state index contributed by atoms with van der Waals surface area (Å²) in [5, 5.41) is 10.7. The Labute approximate surface area is 139 Å². The van der Waals surface area contributed by atoms with Gasteiger partial charge in [-0.3, -0.25) is 14.6 Å². The molecule has 0 bridgehead atoms. The minimum atomic E-state index is -0.271. The van der Waals surface area contributed by atoms with Crippen LogP contribution in [0.2, 0.25) is 0 Å². The molecule has 1 N–H and O–H groups in total. The molecule has 3 heterocycles. The molecule has 126 valence electrons. The molecule has 3 rings (SSSR count). The van der Waals surface area contributed by atoms with Crippen molar-refractivity contribution in [2.75, 3.05) is 13.1 Å².